The van der Waals surface area contributed by atoms with E-state index in [2.05, 4.69) is 15.3 Å². The Labute approximate surface area is 155 Å². The third kappa shape index (κ3) is 5.37. The van der Waals surface area contributed by atoms with Gasteiger partial charge in [-0.15, -0.1) is 11.3 Å². The summed E-state index contributed by atoms with van der Waals surface area (Å²) in [6.45, 7) is 0.608. The van der Waals surface area contributed by atoms with Crippen molar-refractivity contribution in [1.82, 2.24) is 15.3 Å². The molecule has 0 saturated carbocycles. The van der Waals surface area contributed by atoms with Crippen molar-refractivity contribution in [2.75, 3.05) is 6.54 Å². The van der Waals surface area contributed by atoms with E-state index in [-0.39, 0.29) is 5.91 Å². The molecule has 2 aromatic heterocycles. The fourth-order valence-electron chi connectivity index (χ4n) is 2.41. The second kappa shape index (κ2) is 8.74. The molecule has 1 N–H and O–H groups in total. The number of rotatable bonds is 7. The molecule has 1 amide bonds. The lowest BCUT2D eigenvalue weighted by molar-refractivity contribution is -0.121. The molecule has 0 aliphatic heterocycles. The molecule has 0 aliphatic rings. The van der Waals surface area contributed by atoms with Gasteiger partial charge in [-0.1, -0.05) is 23.7 Å². The van der Waals surface area contributed by atoms with Gasteiger partial charge in [-0.2, -0.15) is 0 Å². The Morgan fingerprint density at radius 2 is 2.12 bits per heavy atom. The minimum absolute atomic E-state index is 0.0398. The van der Waals surface area contributed by atoms with Gasteiger partial charge in [0.1, 0.15) is 5.01 Å². The third-order valence-corrected chi connectivity index (χ3v) is 4.87. The standard InChI is InChI=1S/C19H18ClN3OS/c20-16-5-1-3-14(11-16)8-10-22-18(24)7-6-17-13-25-19(23-17)15-4-2-9-21-12-15/h1-5,9,11-13H,6-8,10H2,(H,22,24). The number of nitrogens with zero attached hydrogens (tertiary/aromatic N) is 2. The second-order valence-electron chi connectivity index (χ2n) is 5.62. The molecule has 0 fully saturated rings. The van der Waals surface area contributed by atoms with Gasteiger partial charge < -0.3 is 5.32 Å². The van der Waals surface area contributed by atoms with Gasteiger partial charge in [-0.05, 0) is 42.7 Å². The van der Waals surface area contributed by atoms with Crippen LogP contribution in [0.1, 0.15) is 17.7 Å². The number of nitrogens with one attached hydrogen (secondary N) is 1. The second-order valence-corrected chi connectivity index (χ2v) is 6.91. The maximum absolute atomic E-state index is 12.0. The smallest absolute Gasteiger partial charge is 0.220 e. The molecule has 4 nitrogen and oxygen atoms in total. The van der Waals surface area contributed by atoms with Crippen molar-refractivity contribution in [3.05, 3.63) is 70.5 Å². The summed E-state index contributed by atoms with van der Waals surface area (Å²) in [5.41, 5.74) is 3.06. The Kier molecular flexibility index (Phi) is 6.14. The predicted octanol–water partition coefficient (Wildman–Crippen LogP) is 4.15. The lowest BCUT2D eigenvalue weighted by Gasteiger charge is -2.05. The fraction of sp³-hybridized carbons (Fsp3) is 0.211. The number of halogens is 1. The monoisotopic (exact) mass is 371 g/mol. The lowest BCUT2D eigenvalue weighted by Crippen LogP contribution is -2.25. The van der Waals surface area contributed by atoms with Gasteiger partial charge in [0.25, 0.3) is 0 Å². The average molecular weight is 372 g/mol. The molecule has 0 radical (unpaired) electrons. The van der Waals surface area contributed by atoms with Crippen molar-refractivity contribution in [3.63, 3.8) is 0 Å². The number of aromatic nitrogens is 2. The van der Waals surface area contributed by atoms with Gasteiger partial charge >= 0.3 is 0 Å². The largest absolute Gasteiger partial charge is 0.356 e. The highest BCUT2D eigenvalue weighted by atomic mass is 35.5. The maximum atomic E-state index is 12.0. The summed E-state index contributed by atoms with van der Waals surface area (Å²) in [4.78, 5) is 20.7. The van der Waals surface area contributed by atoms with Crippen LogP contribution >= 0.6 is 22.9 Å². The first-order valence-electron chi connectivity index (χ1n) is 8.06. The Balaban J connectivity index is 1.43. The van der Waals surface area contributed by atoms with E-state index in [0.717, 1.165) is 33.3 Å². The number of carbonyl (C=O) groups excluding carboxylic acids is 1. The van der Waals surface area contributed by atoms with Crippen molar-refractivity contribution >= 4 is 28.8 Å². The SMILES string of the molecule is O=C(CCc1csc(-c2cccnc2)n1)NCCc1cccc(Cl)c1. The Morgan fingerprint density at radius 3 is 2.92 bits per heavy atom. The Hall–Kier alpha value is -2.24. The number of thiazole rings is 1. The first kappa shape index (κ1) is 17.6. The highest BCUT2D eigenvalue weighted by Gasteiger charge is 2.07. The first-order valence-corrected chi connectivity index (χ1v) is 9.32. The predicted molar refractivity (Wildman–Crippen MR) is 102 cm³/mol. The molecule has 0 bridgehead atoms. The first-order chi connectivity index (χ1) is 12.2. The average Bonchev–Trinajstić information content (AvgIpc) is 3.10. The number of carbonyl (C=O) groups is 1. The number of amides is 1. The summed E-state index contributed by atoms with van der Waals surface area (Å²) in [5, 5.41) is 6.60. The summed E-state index contributed by atoms with van der Waals surface area (Å²) in [6.07, 6.45) is 5.39. The van der Waals surface area contributed by atoms with E-state index in [0.29, 0.717) is 19.4 Å². The van der Waals surface area contributed by atoms with Crippen LogP contribution in [0.15, 0.2) is 54.2 Å². The quantitative estimate of drug-likeness (QED) is 0.678. The van der Waals surface area contributed by atoms with Crippen LogP contribution in [-0.2, 0) is 17.6 Å². The molecule has 0 unspecified atom stereocenters. The molecule has 128 valence electrons. The highest BCUT2D eigenvalue weighted by Crippen LogP contribution is 2.23. The van der Waals surface area contributed by atoms with Crippen LogP contribution in [0.5, 0.6) is 0 Å². The van der Waals surface area contributed by atoms with Crippen molar-refractivity contribution in [1.29, 1.82) is 0 Å². The number of aryl methyl sites for hydroxylation is 1. The van der Waals surface area contributed by atoms with E-state index in [1.807, 2.05) is 41.8 Å². The van der Waals surface area contributed by atoms with Crippen LogP contribution < -0.4 is 5.32 Å². The van der Waals surface area contributed by atoms with Gasteiger partial charge in [0, 0.05) is 41.3 Å². The molecule has 0 saturated heterocycles. The van der Waals surface area contributed by atoms with Crippen molar-refractivity contribution < 1.29 is 4.79 Å². The van der Waals surface area contributed by atoms with Crippen molar-refractivity contribution in [2.45, 2.75) is 19.3 Å². The van der Waals surface area contributed by atoms with Crippen LogP contribution in [0, 0.1) is 0 Å². The molecular weight excluding hydrogens is 354 g/mol. The normalized spacial score (nSPS) is 10.6. The summed E-state index contributed by atoms with van der Waals surface area (Å²) < 4.78 is 0. The molecule has 0 atom stereocenters. The number of hydrogen-bond acceptors (Lipinski definition) is 4. The highest BCUT2D eigenvalue weighted by molar-refractivity contribution is 7.13. The van der Waals surface area contributed by atoms with E-state index in [4.69, 9.17) is 11.6 Å². The Bertz CT molecular complexity index is 835. The molecule has 25 heavy (non-hydrogen) atoms. The molecule has 1 aromatic carbocycles. The molecule has 0 spiro atoms. The number of pyridine rings is 1. The minimum atomic E-state index is 0.0398. The summed E-state index contributed by atoms with van der Waals surface area (Å²) in [5.74, 6) is 0.0398. The van der Waals surface area contributed by atoms with E-state index in [9.17, 15) is 4.79 Å². The van der Waals surface area contributed by atoms with E-state index < -0.39 is 0 Å². The summed E-state index contributed by atoms with van der Waals surface area (Å²) in [6, 6.07) is 11.6. The van der Waals surface area contributed by atoms with Crippen molar-refractivity contribution in [3.8, 4) is 10.6 Å². The minimum Gasteiger partial charge on any atom is -0.356 e. The van der Waals surface area contributed by atoms with Crippen molar-refractivity contribution in [2.24, 2.45) is 0 Å². The molecular formula is C19H18ClN3OS. The van der Waals surface area contributed by atoms with Gasteiger partial charge in [-0.25, -0.2) is 4.98 Å². The molecule has 3 aromatic rings. The number of benzene rings is 1. The van der Waals surface area contributed by atoms with Crippen LogP contribution in [0.4, 0.5) is 0 Å². The van der Waals surface area contributed by atoms with Crippen LogP contribution in [-0.4, -0.2) is 22.4 Å². The zero-order chi connectivity index (χ0) is 17.5. The zero-order valence-corrected chi connectivity index (χ0v) is 15.2. The molecule has 6 heteroatoms. The maximum Gasteiger partial charge on any atom is 0.220 e. The fourth-order valence-corrected chi connectivity index (χ4v) is 3.47. The lowest BCUT2D eigenvalue weighted by atomic mass is 10.1. The summed E-state index contributed by atoms with van der Waals surface area (Å²) in [7, 11) is 0. The van der Waals surface area contributed by atoms with Crippen LogP contribution in [0.3, 0.4) is 0 Å². The zero-order valence-electron chi connectivity index (χ0n) is 13.6. The van der Waals surface area contributed by atoms with Gasteiger partial charge in [0.15, 0.2) is 0 Å². The van der Waals surface area contributed by atoms with Gasteiger partial charge in [-0.3, -0.25) is 9.78 Å². The van der Waals surface area contributed by atoms with Crippen LogP contribution in [0.25, 0.3) is 10.6 Å². The van der Waals surface area contributed by atoms with Gasteiger partial charge in [0.05, 0.1) is 5.69 Å². The molecule has 3 rings (SSSR count). The Morgan fingerprint density at radius 1 is 1.20 bits per heavy atom. The van der Waals surface area contributed by atoms with E-state index >= 15 is 0 Å². The molecule has 0 aliphatic carbocycles. The molecule has 2 heterocycles. The van der Waals surface area contributed by atoms with E-state index in [1.54, 1.807) is 23.7 Å². The number of hydrogen-bond donors (Lipinski definition) is 1. The third-order valence-electron chi connectivity index (χ3n) is 3.69. The van der Waals surface area contributed by atoms with Gasteiger partial charge in [0.2, 0.25) is 5.91 Å². The summed E-state index contributed by atoms with van der Waals surface area (Å²) >= 11 is 7.53. The van der Waals surface area contributed by atoms with Crippen LogP contribution in [0.2, 0.25) is 5.02 Å². The van der Waals surface area contributed by atoms with E-state index in [1.165, 1.54) is 0 Å². The topological polar surface area (TPSA) is 54.9 Å².